The Kier molecular flexibility index (Phi) is 4.87. The number of aromatic nitrogens is 2. The van der Waals surface area contributed by atoms with E-state index in [-0.39, 0.29) is 11.5 Å². The van der Waals surface area contributed by atoms with Crippen LogP contribution in [0.3, 0.4) is 0 Å². The lowest BCUT2D eigenvalue weighted by Gasteiger charge is -2.07. The molecule has 2 N–H and O–H groups in total. The molecule has 2 heterocycles. The molecular weight excluding hydrogens is 290 g/mol. The summed E-state index contributed by atoms with van der Waals surface area (Å²) in [5.74, 6) is 5.46. The molecule has 0 aliphatic heterocycles. The number of hydrogen-bond acceptors (Lipinski definition) is 5. The molecule has 0 saturated heterocycles. The van der Waals surface area contributed by atoms with E-state index in [9.17, 15) is 8.42 Å². The van der Waals surface area contributed by atoms with Crippen molar-refractivity contribution in [2.75, 3.05) is 11.3 Å². The van der Waals surface area contributed by atoms with Crippen LogP contribution in [-0.4, -0.2) is 30.1 Å². The maximum absolute atomic E-state index is 12.2. The monoisotopic (exact) mass is 303 g/mol. The second kappa shape index (κ2) is 6.83. The van der Waals surface area contributed by atoms with Crippen LogP contribution in [0.25, 0.3) is 0 Å². The zero-order valence-electron chi connectivity index (χ0n) is 11.0. The van der Waals surface area contributed by atoms with Crippen LogP contribution >= 0.6 is 0 Å². The first-order valence-corrected chi connectivity index (χ1v) is 7.58. The van der Waals surface area contributed by atoms with Crippen molar-refractivity contribution in [1.29, 1.82) is 0 Å². The molecular formula is C14H13N3O3S. The van der Waals surface area contributed by atoms with Gasteiger partial charge in [0.05, 0.1) is 18.5 Å². The molecule has 2 aromatic heterocycles. The average Bonchev–Trinajstić information content (AvgIpc) is 2.48. The number of nitrogens with one attached hydrogen (secondary N) is 1. The average molecular weight is 303 g/mol. The molecule has 108 valence electrons. The molecule has 21 heavy (non-hydrogen) atoms. The summed E-state index contributed by atoms with van der Waals surface area (Å²) in [4.78, 5) is 7.73. The highest BCUT2D eigenvalue weighted by atomic mass is 32.2. The smallest absolute Gasteiger partial charge is 0.263 e. The molecule has 0 aliphatic carbocycles. The number of hydrogen-bond donors (Lipinski definition) is 2. The van der Waals surface area contributed by atoms with Gasteiger partial charge in [0.25, 0.3) is 10.0 Å². The predicted octanol–water partition coefficient (Wildman–Crippen LogP) is 1.01. The van der Waals surface area contributed by atoms with Crippen LogP contribution in [0.5, 0.6) is 0 Å². The number of aliphatic hydroxyl groups is 1. The quantitative estimate of drug-likeness (QED) is 0.822. The Hall–Kier alpha value is -2.43. The highest BCUT2D eigenvalue weighted by Gasteiger charge is 2.15. The normalized spacial score (nSPS) is 10.5. The van der Waals surface area contributed by atoms with Crippen LogP contribution < -0.4 is 4.72 Å². The van der Waals surface area contributed by atoms with Crippen molar-refractivity contribution in [3.63, 3.8) is 0 Å². The van der Waals surface area contributed by atoms with Crippen LogP contribution in [-0.2, 0) is 10.0 Å². The van der Waals surface area contributed by atoms with Gasteiger partial charge in [-0.3, -0.25) is 14.7 Å². The first-order chi connectivity index (χ1) is 10.1. The maximum Gasteiger partial charge on any atom is 0.263 e. The van der Waals surface area contributed by atoms with Gasteiger partial charge in [-0.2, -0.15) is 0 Å². The molecule has 2 aromatic rings. The molecule has 0 radical (unpaired) electrons. The largest absolute Gasteiger partial charge is 0.395 e. The zero-order valence-corrected chi connectivity index (χ0v) is 11.8. The Bertz CT molecular complexity index is 765. The molecule has 7 heteroatoms. The van der Waals surface area contributed by atoms with E-state index in [4.69, 9.17) is 5.11 Å². The summed E-state index contributed by atoms with van der Waals surface area (Å²) in [6.45, 7) is -0.0407. The summed E-state index contributed by atoms with van der Waals surface area (Å²) in [6, 6.07) is 4.66. The molecule has 0 atom stereocenters. The Balaban J connectivity index is 2.25. The summed E-state index contributed by atoms with van der Waals surface area (Å²) in [5.41, 5.74) is 0.840. The third kappa shape index (κ3) is 4.27. The number of anilines is 1. The van der Waals surface area contributed by atoms with Gasteiger partial charge in [0.1, 0.15) is 4.90 Å². The summed E-state index contributed by atoms with van der Waals surface area (Å²) in [7, 11) is -3.74. The minimum absolute atomic E-state index is 0.0159. The van der Waals surface area contributed by atoms with Crippen LogP contribution in [0, 0.1) is 11.8 Å². The highest BCUT2D eigenvalue weighted by Crippen LogP contribution is 2.14. The number of pyridine rings is 2. The zero-order chi connectivity index (χ0) is 15.1. The van der Waals surface area contributed by atoms with Crippen LogP contribution in [0.2, 0.25) is 0 Å². The fourth-order valence-electron chi connectivity index (χ4n) is 1.49. The minimum Gasteiger partial charge on any atom is -0.395 e. The highest BCUT2D eigenvalue weighted by molar-refractivity contribution is 7.92. The second-order valence-corrected chi connectivity index (χ2v) is 5.71. The van der Waals surface area contributed by atoms with E-state index in [1.165, 1.54) is 24.7 Å². The van der Waals surface area contributed by atoms with E-state index < -0.39 is 10.0 Å². The van der Waals surface area contributed by atoms with Crippen molar-refractivity contribution in [2.24, 2.45) is 0 Å². The molecule has 0 fully saturated rings. The summed E-state index contributed by atoms with van der Waals surface area (Å²) < 4.78 is 26.8. The van der Waals surface area contributed by atoms with Crippen LogP contribution in [0.4, 0.5) is 5.69 Å². The van der Waals surface area contributed by atoms with Gasteiger partial charge in [-0.1, -0.05) is 11.8 Å². The first-order valence-electron chi connectivity index (χ1n) is 6.09. The van der Waals surface area contributed by atoms with E-state index in [1.807, 2.05) is 0 Å². The van der Waals surface area contributed by atoms with Crippen molar-refractivity contribution >= 4 is 15.7 Å². The summed E-state index contributed by atoms with van der Waals surface area (Å²) in [6.07, 6.45) is 6.00. The van der Waals surface area contributed by atoms with Crippen LogP contribution in [0.15, 0.2) is 47.9 Å². The van der Waals surface area contributed by atoms with Crippen molar-refractivity contribution in [1.82, 2.24) is 9.97 Å². The third-order valence-electron chi connectivity index (χ3n) is 2.41. The van der Waals surface area contributed by atoms with E-state index in [1.54, 1.807) is 18.3 Å². The standard InChI is InChI=1S/C14H13N3O3S/c18-7-2-1-4-12-8-14(11-16-9-12)21(19,20)17-13-5-3-6-15-10-13/h3,5-6,8-11,17-18H,2,7H2. The Labute approximate surface area is 122 Å². The summed E-state index contributed by atoms with van der Waals surface area (Å²) in [5, 5.41) is 8.66. The van der Waals surface area contributed by atoms with Gasteiger partial charge in [-0.05, 0) is 18.2 Å². The molecule has 0 aromatic carbocycles. The van der Waals surface area contributed by atoms with Gasteiger partial charge in [0, 0.05) is 30.6 Å². The topological polar surface area (TPSA) is 92.2 Å². The van der Waals surface area contributed by atoms with Gasteiger partial charge in [-0.25, -0.2) is 8.42 Å². The second-order valence-electron chi connectivity index (χ2n) is 4.03. The van der Waals surface area contributed by atoms with Crippen molar-refractivity contribution < 1.29 is 13.5 Å². The van der Waals surface area contributed by atoms with Crippen molar-refractivity contribution in [3.8, 4) is 11.8 Å². The molecule has 0 bridgehead atoms. The maximum atomic E-state index is 12.2. The molecule has 0 unspecified atom stereocenters. The molecule has 0 amide bonds. The first kappa shape index (κ1) is 15.0. The number of nitrogens with zero attached hydrogens (tertiary/aromatic N) is 2. The molecule has 2 rings (SSSR count). The fraction of sp³-hybridized carbons (Fsp3) is 0.143. The molecule has 0 spiro atoms. The van der Waals surface area contributed by atoms with E-state index in [0.29, 0.717) is 17.7 Å². The molecule has 0 aliphatic rings. The SMILES string of the molecule is O=S(=O)(Nc1cccnc1)c1cncc(C#CCCO)c1. The Morgan fingerprint density at radius 2 is 2.10 bits per heavy atom. The molecule has 6 nitrogen and oxygen atoms in total. The molecule has 0 saturated carbocycles. The fourth-order valence-corrected chi connectivity index (χ4v) is 2.52. The van der Waals surface area contributed by atoms with Crippen molar-refractivity contribution in [3.05, 3.63) is 48.5 Å². The van der Waals surface area contributed by atoms with Crippen LogP contribution in [0.1, 0.15) is 12.0 Å². The van der Waals surface area contributed by atoms with E-state index in [2.05, 4.69) is 26.5 Å². The Morgan fingerprint density at radius 3 is 2.81 bits per heavy atom. The van der Waals surface area contributed by atoms with Gasteiger partial charge in [0.2, 0.25) is 0 Å². The number of aliphatic hydroxyl groups excluding tert-OH is 1. The van der Waals surface area contributed by atoms with Gasteiger partial charge >= 0.3 is 0 Å². The predicted molar refractivity (Wildman–Crippen MR) is 77.9 cm³/mol. The number of sulfonamides is 1. The third-order valence-corrected chi connectivity index (χ3v) is 3.76. The van der Waals surface area contributed by atoms with E-state index >= 15 is 0 Å². The minimum atomic E-state index is -3.74. The van der Waals surface area contributed by atoms with Gasteiger partial charge < -0.3 is 5.11 Å². The van der Waals surface area contributed by atoms with E-state index in [0.717, 1.165) is 0 Å². The van der Waals surface area contributed by atoms with Crippen molar-refractivity contribution in [2.45, 2.75) is 11.3 Å². The lowest BCUT2D eigenvalue weighted by molar-refractivity contribution is 0.305. The Morgan fingerprint density at radius 1 is 1.24 bits per heavy atom. The van der Waals surface area contributed by atoms with Gasteiger partial charge in [0.15, 0.2) is 0 Å². The summed E-state index contributed by atoms with van der Waals surface area (Å²) >= 11 is 0. The number of rotatable bonds is 4. The lowest BCUT2D eigenvalue weighted by Crippen LogP contribution is -2.13. The van der Waals surface area contributed by atoms with Gasteiger partial charge in [-0.15, -0.1) is 0 Å². The lowest BCUT2D eigenvalue weighted by atomic mass is 10.3.